The summed E-state index contributed by atoms with van der Waals surface area (Å²) in [5, 5.41) is 8.43. The van der Waals surface area contributed by atoms with Crippen molar-refractivity contribution in [1.29, 1.82) is 0 Å². The zero-order valence-electron chi connectivity index (χ0n) is 10.4. The van der Waals surface area contributed by atoms with Crippen LogP contribution in [0.5, 0.6) is 0 Å². The van der Waals surface area contributed by atoms with E-state index >= 15 is 0 Å². The lowest BCUT2D eigenvalue weighted by molar-refractivity contribution is 0.483. The molecule has 0 unspecified atom stereocenters. The summed E-state index contributed by atoms with van der Waals surface area (Å²) in [5.74, 6) is 0.637. The monoisotopic (exact) mass is 266 g/mol. The Morgan fingerprint density at radius 1 is 1.44 bits per heavy atom. The van der Waals surface area contributed by atoms with Gasteiger partial charge in [-0.1, -0.05) is 13.8 Å². The highest BCUT2D eigenvalue weighted by atomic mass is 35.5. The molecule has 0 saturated carbocycles. The van der Waals surface area contributed by atoms with E-state index in [9.17, 15) is 4.79 Å². The zero-order chi connectivity index (χ0) is 13.1. The fraction of sp³-hybridized carbons (Fsp3) is 0.417. The van der Waals surface area contributed by atoms with Gasteiger partial charge in [0.05, 0.1) is 18.3 Å². The van der Waals surface area contributed by atoms with E-state index in [0.717, 1.165) is 12.2 Å². The standard InChI is InChI=1S/C12H15ClN4O/c1-9(2)7-16-8-10(6-14-16)17-4-3-12(18)11(5-13)15-17/h3-4,6,8-9H,5,7H2,1-2H3. The maximum Gasteiger partial charge on any atom is 0.204 e. The van der Waals surface area contributed by atoms with Crippen molar-refractivity contribution in [3.63, 3.8) is 0 Å². The number of rotatable bonds is 4. The van der Waals surface area contributed by atoms with Gasteiger partial charge in [-0.15, -0.1) is 11.6 Å². The third kappa shape index (κ3) is 2.79. The van der Waals surface area contributed by atoms with Crippen LogP contribution in [0.25, 0.3) is 5.69 Å². The summed E-state index contributed by atoms with van der Waals surface area (Å²) in [5.41, 5.74) is 1.02. The van der Waals surface area contributed by atoms with Gasteiger partial charge in [0.2, 0.25) is 5.43 Å². The van der Waals surface area contributed by atoms with E-state index in [1.54, 1.807) is 17.1 Å². The van der Waals surface area contributed by atoms with Gasteiger partial charge in [0.25, 0.3) is 0 Å². The van der Waals surface area contributed by atoms with Crippen molar-refractivity contribution in [2.24, 2.45) is 5.92 Å². The fourth-order valence-electron chi connectivity index (χ4n) is 1.63. The second kappa shape index (κ2) is 5.35. The minimum atomic E-state index is -0.143. The predicted octanol–water partition coefficient (Wildman–Crippen LogP) is 1.82. The highest BCUT2D eigenvalue weighted by molar-refractivity contribution is 6.16. The highest BCUT2D eigenvalue weighted by Gasteiger charge is 2.05. The zero-order valence-corrected chi connectivity index (χ0v) is 11.1. The van der Waals surface area contributed by atoms with Crippen molar-refractivity contribution >= 4 is 11.6 Å². The minimum Gasteiger partial charge on any atom is -0.288 e. The highest BCUT2D eigenvalue weighted by Crippen LogP contribution is 2.06. The maximum atomic E-state index is 11.4. The molecule has 5 nitrogen and oxygen atoms in total. The average Bonchev–Trinajstić information content (AvgIpc) is 2.77. The summed E-state index contributed by atoms with van der Waals surface area (Å²) in [6.07, 6.45) is 5.24. The molecule has 0 bridgehead atoms. The van der Waals surface area contributed by atoms with Gasteiger partial charge in [-0.2, -0.15) is 10.2 Å². The third-order valence-corrected chi connectivity index (χ3v) is 2.70. The van der Waals surface area contributed by atoms with Crippen LogP contribution in [-0.4, -0.2) is 19.6 Å². The first-order valence-corrected chi connectivity index (χ1v) is 6.31. The van der Waals surface area contributed by atoms with E-state index < -0.39 is 0 Å². The first kappa shape index (κ1) is 12.8. The summed E-state index contributed by atoms with van der Waals surface area (Å²) < 4.78 is 3.48. The average molecular weight is 267 g/mol. The SMILES string of the molecule is CC(C)Cn1cc(-n2ccc(=O)c(CCl)n2)cn1. The second-order valence-corrected chi connectivity index (χ2v) is 4.79. The molecule has 0 aromatic carbocycles. The molecule has 0 saturated heterocycles. The van der Waals surface area contributed by atoms with Crippen LogP contribution in [0.4, 0.5) is 0 Å². The molecule has 2 aromatic heterocycles. The van der Waals surface area contributed by atoms with Crippen molar-refractivity contribution in [3.05, 3.63) is 40.6 Å². The smallest absolute Gasteiger partial charge is 0.204 e. The van der Waals surface area contributed by atoms with E-state index in [1.165, 1.54) is 6.07 Å². The molecular weight excluding hydrogens is 252 g/mol. The lowest BCUT2D eigenvalue weighted by atomic mass is 10.2. The van der Waals surface area contributed by atoms with Crippen LogP contribution in [-0.2, 0) is 12.4 Å². The van der Waals surface area contributed by atoms with E-state index in [4.69, 9.17) is 11.6 Å². The summed E-state index contributed by atoms with van der Waals surface area (Å²) in [7, 11) is 0. The van der Waals surface area contributed by atoms with Crippen molar-refractivity contribution < 1.29 is 0 Å². The first-order valence-electron chi connectivity index (χ1n) is 5.78. The molecule has 0 radical (unpaired) electrons. The molecule has 0 fully saturated rings. The van der Waals surface area contributed by atoms with Crippen molar-refractivity contribution in [2.75, 3.05) is 0 Å². The Hall–Kier alpha value is -1.62. The summed E-state index contributed by atoms with van der Waals surface area (Å²) in [6, 6.07) is 1.46. The van der Waals surface area contributed by atoms with Gasteiger partial charge >= 0.3 is 0 Å². The second-order valence-electron chi connectivity index (χ2n) is 4.52. The quantitative estimate of drug-likeness (QED) is 0.794. The van der Waals surface area contributed by atoms with Gasteiger partial charge < -0.3 is 0 Å². The molecule has 0 aliphatic carbocycles. The van der Waals surface area contributed by atoms with Crippen LogP contribution in [0.3, 0.4) is 0 Å². The summed E-state index contributed by atoms with van der Waals surface area (Å²) in [6.45, 7) is 5.11. The number of aromatic nitrogens is 4. The number of nitrogens with zero attached hydrogens (tertiary/aromatic N) is 4. The maximum absolute atomic E-state index is 11.4. The van der Waals surface area contributed by atoms with Crippen LogP contribution < -0.4 is 5.43 Å². The van der Waals surface area contributed by atoms with Crippen molar-refractivity contribution in [1.82, 2.24) is 19.6 Å². The molecule has 0 atom stereocenters. The first-order chi connectivity index (χ1) is 8.60. The molecule has 2 aromatic rings. The van der Waals surface area contributed by atoms with Gasteiger partial charge in [-0.3, -0.25) is 9.48 Å². The lowest BCUT2D eigenvalue weighted by Crippen LogP contribution is -2.14. The van der Waals surface area contributed by atoms with Crippen molar-refractivity contribution in [2.45, 2.75) is 26.3 Å². The Morgan fingerprint density at radius 3 is 2.89 bits per heavy atom. The molecule has 96 valence electrons. The third-order valence-electron chi connectivity index (χ3n) is 2.44. The lowest BCUT2D eigenvalue weighted by Gasteiger charge is -2.04. The van der Waals surface area contributed by atoms with Crippen LogP contribution >= 0.6 is 11.6 Å². The van der Waals surface area contributed by atoms with Crippen LogP contribution in [0, 0.1) is 5.92 Å². The van der Waals surface area contributed by atoms with Gasteiger partial charge in [0.1, 0.15) is 11.4 Å². The van der Waals surface area contributed by atoms with Gasteiger partial charge in [-0.25, -0.2) is 4.68 Å². The molecule has 2 heterocycles. The molecule has 2 rings (SSSR count). The van der Waals surface area contributed by atoms with Gasteiger partial charge in [0.15, 0.2) is 0 Å². The van der Waals surface area contributed by atoms with Crippen LogP contribution in [0.1, 0.15) is 19.5 Å². The Kier molecular flexibility index (Phi) is 3.81. The molecule has 0 amide bonds. The number of alkyl halides is 1. The Bertz CT molecular complexity index is 588. The van der Waals surface area contributed by atoms with E-state index in [0.29, 0.717) is 11.6 Å². The minimum absolute atomic E-state index is 0.111. The van der Waals surface area contributed by atoms with Gasteiger partial charge in [0, 0.05) is 18.8 Å². The number of halogens is 1. The largest absolute Gasteiger partial charge is 0.288 e. The van der Waals surface area contributed by atoms with Crippen LogP contribution in [0.15, 0.2) is 29.5 Å². The van der Waals surface area contributed by atoms with E-state index in [-0.39, 0.29) is 11.3 Å². The Balaban J connectivity index is 2.31. The molecule has 18 heavy (non-hydrogen) atoms. The molecule has 0 aliphatic heterocycles. The summed E-state index contributed by atoms with van der Waals surface area (Å²) >= 11 is 5.67. The Morgan fingerprint density at radius 2 is 2.22 bits per heavy atom. The molecule has 0 aliphatic rings. The number of hydrogen-bond acceptors (Lipinski definition) is 3. The van der Waals surface area contributed by atoms with Gasteiger partial charge in [-0.05, 0) is 5.92 Å². The number of hydrogen-bond donors (Lipinski definition) is 0. The van der Waals surface area contributed by atoms with Crippen molar-refractivity contribution in [3.8, 4) is 5.69 Å². The normalized spacial score (nSPS) is 11.1. The predicted molar refractivity (Wildman–Crippen MR) is 70.0 cm³/mol. The topological polar surface area (TPSA) is 52.7 Å². The fourth-order valence-corrected chi connectivity index (χ4v) is 1.81. The molecule has 0 spiro atoms. The van der Waals surface area contributed by atoms with Crippen LogP contribution in [0.2, 0.25) is 0 Å². The van der Waals surface area contributed by atoms with E-state index in [1.807, 2.05) is 10.9 Å². The Labute approximate surface area is 110 Å². The molecule has 6 heteroatoms. The van der Waals surface area contributed by atoms with E-state index in [2.05, 4.69) is 24.0 Å². The molecular formula is C12H15ClN4O. The molecule has 0 N–H and O–H groups in total. The summed E-state index contributed by atoms with van der Waals surface area (Å²) in [4.78, 5) is 11.4.